The minimum absolute atomic E-state index is 0.709. The molecular weight excluding hydrogens is 190 g/mol. The van der Waals surface area contributed by atoms with Gasteiger partial charge in [-0.15, -0.1) is 0 Å². The van der Waals surface area contributed by atoms with Crippen molar-refractivity contribution in [1.82, 2.24) is 14.6 Å². The summed E-state index contributed by atoms with van der Waals surface area (Å²) in [6.07, 6.45) is 4.74. The van der Waals surface area contributed by atoms with Gasteiger partial charge in [-0.25, -0.2) is 9.50 Å². The van der Waals surface area contributed by atoms with Gasteiger partial charge in [0.25, 0.3) is 0 Å². The fourth-order valence-corrected chi connectivity index (χ4v) is 1.62. The highest BCUT2D eigenvalue weighted by Crippen LogP contribution is 2.21. The summed E-state index contributed by atoms with van der Waals surface area (Å²) in [5, 5.41) is 4.19. The summed E-state index contributed by atoms with van der Waals surface area (Å²) in [5.41, 5.74) is 2.97. The van der Waals surface area contributed by atoms with Crippen LogP contribution in [0.4, 0.5) is 0 Å². The van der Waals surface area contributed by atoms with Crippen molar-refractivity contribution < 1.29 is 4.42 Å². The number of aromatic nitrogens is 3. The summed E-state index contributed by atoms with van der Waals surface area (Å²) >= 11 is 0. The Balaban J connectivity index is 2.38. The molecular formula is C11H8N3O. The number of pyridine rings is 1. The van der Waals surface area contributed by atoms with Crippen LogP contribution in [0.25, 0.3) is 17.0 Å². The number of fused-ring (bicyclic) bond motifs is 1. The summed E-state index contributed by atoms with van der Waals surface area (Å²) < 4.78 is 7.05. The standard InChI is InChI=1S/C11H8N3O/c1-8-4-9-2-3-13-14(9)10(5-8)11-6-12-7-15-11/h3-7H,1H3. The number of aryl methyl sites for hydroxylation is 1. The highest BCUT2D eigenvalue weighted by atomic mass is 16.3. The summed E-state index contributed by atoms with van der Waals surface area (Å²) in [5.74, 6) is 0.709. The summed E-state index contributed by atoms with van der Waals surface area (Å²) in [4.78, 5) is 3.90. The Hall–Kier alpha value is -2.10. The van der Waals surface area contributed by atoms with Gasteiger partial charge < -0.3 is 4.42 Å². The predicted molar refractivity (Wildman–Crippen MR) is 54.3 cm³/mol. The number of nitrogens with zero attached hydrogens (tertiary/aromatic N) is 3. The van der Waals surface area contributed by atoms with E-state index in [0.717, 1.165) is 16.8 Å². The molecule has 3 aromatic heterocycles. The van der Waals surface area contributed by atoms with Crippen LogP contribution < -0.4 is 0 Å². The highest BCUT2D eigenvalue weighted by molar-refractivity contribution is 5.60. The third-order valence-electron chi connectivity index (χ3n) is 2.26. The van der Waals surface area contributed by atoms with Crippen LogP contribution in [0.15, 0.2) is 35.3 Å². The van der Waals surface area contributed by atoms with Crippen molar-refractivity contribution in [1.29, 1.82) is 0 Å². The number of hydrogen-bond donors (Lipinski definition) is 0. The van der Waals surface area contributed by atoms with Gasteiger partial charge in [0.1, 0.15) is 5.69 Å². The maximum atomic E-state index is 5.27. The zero-order valence-electron chi connectivity index (χ0n) is 8.14. The van der Waals surface area contributed by atoms with E-state index >= 15 is 0 Å². The molecule has 0 aromatic carbocycles. The molecule has 4 heteroatoms. The van der Waals surface area contributed by atoms with Crippen molar-refractivity contribution in [3.8, 4) is 11.5 Å². The fourth-order valence-electron chi connectivity index (χ4n) is 1.62. The van der Waals surface area contributed by atoms with Gasteiger partial charge in [-0.3, -0.25) is 0 Å². The van der Waals surface area contributed by atoms with E-state index in [2.05, 4.69) is 16.1 Å². The Bertz CT molecular complexity index is 595. The Morgan fingerprint density at radius 1 is 1.40 bits per heavy atom. The topological polar surface area (TPSA) is 43.3 Å². The maximum absolute atomic E-state index is 5.27. The summed E-state index contributed by atoms with van der Waals surface area (Å²) in [7, 11) is 0. The van der Waals surface area contributed by atoms with Gasteiger partial charge in [-0.1, -0.05) is 0 Å². The van der Waals surface area contributed by atoms with Crippen LogP contribution in [0.2, 0.25) is 0 Å². The molecule has 0 aliphatic carbocycles. The molecule has 3 rings (SSSR count). The lowest BCUT2D eigenvalue weighted by atomic mass is 10.2. The van der Waals surface area contributed by atoms with E-state index in [9.17, 15) is 0 Å². The van der Waals surface area contributed by atoms with E-state index in [1.165, 1.54) is 6.39 Å². The zero-order valence-corrected chi connectivity index (χ0v) is 8.14. The smallest absolute Gasteiger partial charge is 0.181 e. The maximum Gasteiger partial charge on any atom is 0.181 e. The van der Waals surface area contributed by atoms with Crippen LogP contribution in [-0.2, 0) is 0 Å². The molecule has 0 amide bonds. The molecule has 3 heterocycles. The van der Waals surface area contributed by atoms with E-state index in [1.54, 1.807) is 16.9 Å². The molecule has 1 radical (unpaired) electrons. The zero-order chi connectivity index (χ0) is 10.3. The van der Waals surface area contributed by atoms with Gasteiger partial charge in [0.2, 0.25) is 0 Å². The lowest BCUT2D eigenvalue weighted by Gasteiger charge is -2.02. The van der Waals surface area contributed by atoms with Gasteiger partial charge in [-0.05, 0) is 24.6 Å². The van der Waals surface area contributed by atoms with Crippen LogP contribution in [0.5, 0.6) is 0 Å². The van der Waals surface area contributed by atoms with Crippen LogP contribution in [-0.4, -0.2) is 14.6 Å². The van der Waals surface area contributed by atoms with Gasteiger partial charge in [-0.2, -0.15) is 5.10 Å². The van der Waals surface area contributed by atoms with Crippen molar-refractivity contribution in [2.24, 2.45) is 0 Å². The third kappa shape index (κ3) is 1.22. The Morgan fingerprint density at radius 3 is 3.13 bits per heavy atom. The van der Waals surface area contributed by atoms with Crippen molar-refractivity contribution in [3.05, 3.63) is 42.5 Å². The molecule has 0 aliphatic rings. The second-order valence-electron chi connectivity index (χ2n) is 3.37. The Morgan fingerprint density at radius 2 is 2.33 bits per heavy atom. The van der Waals surface area contributed by atoms with Crippen LogP contribution >= 0.6 is 0 Å². The van der Waals surface area contributed by atoms with Crippen molar-refractivity contribution in [2.45, 2.75) is 6.92 Å². The van der Waals surface area contributed by atoms with E-state index in [-0.39, 0.29) is 0 Å². The molecule has 0 saturated carbocycles. The molecule has 0 aliphatic heterocycles. The lowest BCUT2D eigenvalue weighted by Crippen LogP contribution is -1.93. The summed E-state index contributed by atoms with van der Waals surface area (Å²) in [6, 6.07) is 7.08. The monoisotopic (exact) mass is 198 g/mol. The van der Waals surface area contributed by atoms with Gasteiger partial charge >= 0.3 is 0 Å². The average molecular weight is 198 g/mol. The largest absolute Gasteiger partial charge is 0.442 e. The van der Waals surface area contributed by atoms with Crippen molar-refractivity contribution in [3.63, 3.8) is 0 Å². The molecule has 0 unspecified atom stereocenters. The van der Waals surface area contributed by atoms with Crippen LogP contribution in [0.3, 0.4) is 0 Å². The Kier molecular flexibility index (Phi) is 1.62. The van der Waals surface area contributed by atoms with E-state index in [0.29, 0.717) is 5.76 Å². The fraction of sp³-hybridized carbons (Fsp3) is 0.0909. The average Bonchev–Trinajstić information content (AvgIpc) is 2.86. The molecule has 0 spiro atoms. The van der Waals surface area contributed by atoms with E-state index in [4.69, 9.17) is 4.42 Å². The highest BCUT2D eigenvalue weighted by Gasteiger charge is 2.08. The van der Waals surface area contributed by atoms with Crippen molar-refractivity contribution >= 4 is 5.52 Å². The molecule has 0 fully saturated rings. The second-order valence-corrected chi connectivity index (χ2v) is 3.37. The SMILES string of the molecule is Cc1cc(-c2cnco2)n2nc[c]c2c1. The lowest BCUT2D eigenvalue weighted by molar-refractivity contribution is 0.567. The number of rotatable bonds is 1. The molecule has 0 N–H and O–H groups in total. The minimum Gasteiger partial charge on any atom is -0.442 e. The second kappa shape index (κ2) is 2.95. The quantitative estimate of drug-likeness (QED) is 0.601. The number of hydrogen-bond acceptors (Lipinski definition) is 3. The molecule has 0 bridgehead atoms. The normalized spacial score (nSPS) is 11.0. The van der Waals surface area contributed by atoms with Gasteiger partial charge in [0.05, 0.1) is 17.9 Å². The van der Waals surface area contributed by atoms with Crippen LogP contribution in [0.1, 0.15) is 5.56 Å². The first-order chi connectivity index (χ1) is 7.34. The molecule has 3 aromatic rings. The van der Waals surface area contributed by atoms with Gasteiger partial charge in [0.15, 0.2) is 12.2 Å². The first-order valence-corrected chi connectivity index (χ1v) is 4.59. The first-order valence-electron chi connectivity index (χ1n) is 4.59. The van der Waals surface area contributed by atoms with E-state index in [1.807, 2.05) is 19.1 Å². The number of oxazole rings is 1. The molecule has 0 saturated heterocycles. The van der Waals surface area contributed by atoms with E-state index < -0.39 is 0 Å². The predicted octanol–water partition coefficient (Wildman–Crippen LogP) is 2.10. The van der Waals surface area contributed by atoms with Crippen LogP contribution in [0, 0.1) is 13.0 Å². The van der Waals surface area contributed by atoms with Gasteiger partial charge in [0, 0.05) is 6.07 Å². The summed E-state index contributed by atoms with van der Waals surface area (Å²) in [6.45, 7) is 2.03. The third-order valence-corrected chi connectivity index (χ3v) is 2.26. The molecule has 0 atom stereocenters. The van der Waals surface area contributed by atoms with Crippen molar-refractivity contribution in [2.75, 3.05) is 0 Å². The molecule has 15 heavy (non-hydrogen) atoms. The molecule has 73 valence electrons. The Labute approximate surface area is 86.2 Å². The molecule has 4 nitrogen and oxygen atoms in total. The first kappa shape index (κ1) is 8.23. The minimum atomic E-state index is 0.709.